The van der Waals surface area contributed by atoms with Crippen LogP contribution in [0.25, 0.3) is 0 Å². The molecule has 1 aromatic rings. The Balaban J connectivity index is 3.13. The van der Waals surface area contributed by atoms with Crippen molar-refractivity contribution in [3.05, 3.63) is 23.8 Å². The summed E-state index contributed by atoms with van der Waals surface area (Å²) in [6.45, 7) is 3.85. The third-order valence-electron chi connectivity index (χ3n) is 1.68. The normalized spacial score (nSPS) is 12.8. The highest BCUT2D eigenvalue weighted by Crippen LogP contribution is 2.17. The molecule has 0 radical (unpaired) electrons. The van der Waals surface area contributed by atoms with E-state index in [4.69, 9.17) is 5.73 Å². The zero-order valence-electron chi connectivity index (χ0n) is 7.33. The molecule has 12 heavy (non-hydrogen) atoms. The van der Waals surface area contributed by atoms with Crippen molar-refractivity contribution in [1.82, 2.24) is 0 Å². The number of rotatable bonds is 2. The van der Waals surface area contributed by atoms with Gasteiger partial charge in [0.1, 0.15) is 0 Å². The van der Waals surface area contributed by atoms with Gasteiger partial charge in [0.15, 0.2) is 0 Å². The van der Waals surface area contributed by atoms with E-state index in [1.165, 1.54) is 0 Å². The van der Waals surface area contributed by atoms with Crippen molar-refractivity contribution in [2.75, 3.05) is 11.5 Å². The molecule has 0 aromatic heterocycles. The summed E-state index contributed by atoms with van der Waals surface area (Å²) in [5, 5.41) is 0. The van der Waals surface area contributed by atoms with Crippen LogP contribution in [0.5, 0.6) is 0 Å². The van der Waals surface area contributed by atoms with Crippen LogP contribution in [0, 0.1) is 6.92 Å². The van der Waals surface area contributed by atoms with Crippen LogP contribution in [-0.4, -0.2) is 9.96 Å². The summed E-state index contributed by atoms with van der Waals surface area (Å²) >= 11 is 0. The molecule has 1 atom stereocenters. The van der Waals surface area contributed by atoms with Gasteiger partial charge in [-0.1, -0.05) is 13.0 Å². The highest BCUT2D eigenvalue weighted by atomic mass is 32.2. The summed E-state index contributed by atoms with van der Waals surface area (Å²) in [7, 11) is -0.937. The molecule has 1 aromatic carbocycles. The second-order valence-corrected chi connectivity index (χ2v) is 4.38. The Labute approximate surface area is 75.2 Å². The van der Waals surface area contributed by atoms with Crippen LogP contribution in [0.1, 0.15) is 12.5 Å². The van der Waals surface area contributed by atoms with Crippen LogP contribution in [0.15, 0.2) is 23.1 Å². The molecule has 2 N–H and O–H groups in total. The number of nitrogen functional groups attached to an aromatic ring is 1. The minimum absolute atomic E-state index is 0.619. The number of anilines is 1. The molecule has 0 spiro atoms. The minimum atomic E-state index is -0.937. The first kappa shape index (κ1) is 9.26. The van der Waals surface area contributed by atoms with Gasteiger partial charge in [0, 0.05) is 11.4 Å². The monoisotopic (exact) mass is 183 g/mol. The van der Waals surface area contributed by atoms with Crippen molar-refractivity contribution in [1.29, 1.82) is 0 Å². The second-order valence-electron chi connectivity index (χ2n) is 2.68. The van der Waals surface area contributed by atoms with Crippen molar-refractivity contribution >= 4 is 16.5 Å². The Morgan fingerprint density at radius 2 is 2.17 bits per heavy atom. The molecule has 2 nitrogen and oxygen atoms in total. The maximum Gasteiger partial charge on any atom is 0.0619 e. The SMILES string of the molecule is CCS(=O)c1cc(C)ccc1N. The first-order chi connectivity index (χ1) is 5.65. The smallest absolute Gasteiger partial charge is 0.0619 e. The van der Waals surface area contributed by atoms with E-state index in [9.17, 15) is 4.21 Å². The summed E-state index contributed by atoms with van der Waals surface area (Å²) in [6, 6.07) is 5.61. The van der Waals surface area contributed by atoms with Crippen LogP contribution < -0.4 is 5.73 Å². The Morgan fingerprint density at radius 1 is 1.50 bits per heavy atom. The van der Waals surface area contributed by atoms with Gasteiger partial charge < -0.3 is 5.73 Å². The van der Waals surface area contributed by atoms with Crippen molar-refractivity contribution < 1.29 is 4.21 Å². The summed E-state index contributed by atoms with van der Waals surface area (Å²) < 4.78 is 11.4. The van der Waals surface area contributed by atoms with Gasteiger partial charge in [0.05, 0.1) is 15.7 Å². The zero-order valence-corrected chi connectivity index (χ0v) is 8.15. The highest BCUT2D eigenvalue weighted by Gasteiger charge is 2.04. The molecule has 3 heteroatoms. The molecule has 1 rings (SSSR count). The van der Waals surface area contributed by atoms with E-state index in [-0.39, 0.29) is 0 Å². The first-order valence-electron chi connectivity index (χ1n) is 3.89. The molecular formula is C9H13NOS. The van der Waals surface area contributed by atoms with E-state index in [1.807, 2.05) is 26.0 Å². The number of benzene rings is 1. The fraction of sp³-hybridized carbons (Fsp3) is 0.333. The molecule has 0 aliphatic heterocycles. The van der Waals surface area contributed by atoms with Gasteiger partial charge in [-0.2, -0.15) is 0 Å². The van der Waals surface area contributed by atoms with Gasteiger partial charge in [-0.25, -0.2) is 0 Å². The average molecular weight is 183 g/mol. The number of hydrogen-bond acceptors (Lipinski definition) is 2. The second kappa shape index (κ2) is 3.72. The lowest BCUT2D eigenvalue weighted by Gasteiger charge is -2.04. The summed E-state index contributed by atoms with van der Waals surface area (Å²) in [4.78, 5) is 0.762. The molecule has 0 aliphatic carbocycles. The van der Waals surface area contributed by atoms with E-state index in [0.29, 0.717) is 11.4 Å². The first-order valence-corrected chi connectivity index (χ1v) is 5.21. The van der Waals surface area contributed by atoms with E-state index in [0.717, 1.165) is 10.5 Å². The maximum absolute atomic E-state index is 11.4. The highest BCUT2D eigenvalue weighted by molar-refractivity contribution is 7.85. The molecule has 0 heterocycles. The Morgan fingerprint density at radius 3 is 2.75 bits per heavy atom. The van der Waals surface area contributed by atoms with Gasteiger partial charge >= 0.3 is 0 Å². The van der Waals surface area contributed by atoms with E-state index in [2.05, 4.69) is 0 Å². The quantitative estimate of drug-likeness (QED) is 0.709. The topological polar surface area (TPSA) is 43.1 Å². The number of nitrogens with two attached hydrogens (primary N) is 1. The van der Waals surface area contributed by atoms with Crippen molar-refractivity contribution in [3.8, 4) is 0 Å². The molecule has 1 unspecified atom stereocenters. The van der Waals surface area contributed by atoms with Gasteiger partial charge in [-0.15, -0.1) is 0 Å². The minimum Gasteiger partial charge on any atom is -0.398 e. The van der Waals surface area contributed by atoms with Crippen LogP contribution >= 0.6 is 0 Å². The summed E-state index contributed by atoms with van der Waals surface area (Å²) in [5.74, 6) is 0.619. The third-order valence-corrected chi connectivity index (χ3v) is 3.05. The van der Waals surface area contributed by atoms with E-state index in [1.54, 1.807) is 6.07 Å². The van der Waals surface area contributed by atoms with Gasteiger partial charge in [0.2, 0.25) is 0 Å². The molecule has 0 saturated heterocycles. The van der Waals surface area contributed by atoms with Gasteiger partial charge in [-0.05, 0) is 24.6 Å². The fourth-order valence-corrected chi connectivity index (χ4v) is 1.95. The molecule has 0 saturated carbocycles. The third kappa shape index (κ3) is 1.85. The van der Waals surface area contributed by atoms with Crippen LogP contribution in [-0.2, 0) is 10.8 Å². The Hall–Kier alpha value is -0.830. The van der Waals surface area contributed by atoms with Gasteiger partial charge in [-0.3, -0.25) is 4.21 Å². The summed E-state index contributed by atoms with van der Waals surface area (Å²) in [5.41, 5.74) is 7.40. The van der Waals surface area contributed by atoms with E-state index >= 15 is 0 Å². The molecule has 0 amide bonds. The molecule has 66 valence electrons. The largest absolute Gasteiger partial charge is 0.398 e. The van der Waals surface area contributed by atoms with Crippen LogP contribution in [0.3, 0.4) is 0 Å². The fourth-order valence-electron chi connectivity index (χ4n) is 0.994. The Kier molecular flexibility index (Phi) is 2.87. The Bertz CT molecular complexity index is 309. The lowest BCUT2D eigenvalue weighted by Crippen LogP contribution is -1.99. The molecule has 0 aliphatic rings. The van der Waals surface area contributed by atoms with E-state index < -0.39 is 10.8 Å². The number of aryl methyl sites for hydroxylation is 1. The van der Waals surface area contributed by atoms with Crippen molar-refractivity contribution in [2.45, 2.75) is 18.7 Å². The molecule has 0 fully saturated rings. The molecular weight excluding hydrogens is 170 g/mol. The van der Waals surface area contributed by atoms with Crippen molar-refractivity contribution in [2.24, 2.45) is 0 Å². The van der Waals surface area contributed by atoms with Crippen molar-refractivity contribution in [3.63, 3.8) is 0 Å². The number of hydrogen-bond donors (Lipinski definition) is 1. The standard InChI is InChI=1S/C9H13NOS/c1-3-12(11)9-6-7(2)4-5-8(9)10/h4-6H,3,10H2,1-2H3. The lowest BCUT2D eigenvalue weighted by molar-refractivity contribution is 0.684. The predicted molar refractivity (Wildman–Crippen MR) is 52.5 cm³/mol. The molecule has 0 bridgehead atoms. The lowest BCUT2D eigenvalue weighted by atomic mass is 10.2. The maximum atomic E-state index is 11.4. The van der Waals surface area contributed by atoms with Gasteiger partial charge in [0.25, 0.3) is 0 Å². The zero-order chi connectivity index (χ0) is 9.14. The predicted octanol–water partition coefficient (Wildman–Crippen LogP) is 1.70. The van der Waals surface area contributed by atoms with Crippen LogP contribution in [0.2, 0.25) is 0 Å². The summed E-state index contributed by atoms with van der Waals surface area (Å²) in [6.07, 6.45) is 0. The van der Waals surface area contributed by atoms with Crippen LogP contribution in [0.4, 0.5) is 5.69 Å². The average Bonchev–Trinajstić information content (AvgIpc) is 2.08.